The fourth-order valence-electron chi connectivity index (χ4n) is 5.06. The molecule has 0 aliphatic rings. The first-order chi connectivity index (χ1) is 23.0. The van der Waals surface area contributed by atoms with Crippen molar-refractivity contribution in [2.75, 3.05) is 25.1 Å². The van der Waals surface area contributed by atoms with E-state index in [2.05, 4.69) is 5.32 Å². The molecule has 0 spiro atoms. The Morgan fingerprint density at radius 3 is 2.06 bits per heavy atom. The fourth-order valence-corrected chi connectivity index (χ4v) is 6.81. The van der Waals surface area contributed by atoms with Gasteiger partial charge in [0.15, 0.2) is 11.5 Å². The van der Waals surface area contributed by atoms with Crippen LogP contribution < -0.4 is 19.1 Å². The Kier molecular flexibility index (Phi) is 12.7. The lowest BCUT2D eigenvalue weighted by Crippen LogP contribution is -2.54. The first kappa shape index (κ1) is 36.6. The molecule has 0 radical (unpaired) electrons. The number of nitrogens with one attached hydrogen (secondary N) is 1. The topological polar surface area (TPSA) is 105 Å². The molecule has 48 heavy (non-hydrogen) atoms. The van der Waals surface area contributed by atoms with Crippen molar-refractivity contribution in [1.82, 2.24) is 10.2 Å². The van der Waals surface area contributed by atoms with E-state index in [0.29, 0.717) is 22.8 Å². The van der Waals surface area contributed by atoms with Gasteiger partial charge in [-0.25, -0.2) is 8.42 Å². The van der Waals surface area contributed by atoms with E-state index in [9.17, 15) is 18.0 Å². The summed E-state index contributed by atoms with van der Waals surface area (Å²) < 4.78 is 40.3. The molecule has 0 saturated carbocycles. The molecular weight excluding hydrogens is 673 g/mol. The zero-order chi connectivity index (χ0) is 34.8. The number of benzene rings is 4. The molecule has 2 amide bonds. The number of sulfonamides is 1. The second-order valence-electron chi connectivity index (χ2n) is 11.2. The van der Waals surface area contributed by atoms with Gasteiger partial charge in [-0.15, -0.1) is 0 Å². The number of amides is 2. The summed E-state index contributed by atoms with van der Waals surface area (Å²) >= 11 is 12.6. The first-order valence-electron chi connectivity index (χ1n) is 15.4. The Hall–Kier alpha value is -4.25. The molecule has 2 atom stereocenters. The average Bonchev–Trinajstić information content (AvgIpc) is 3.10. The molecule has 0 aliphatic carbocycles. The summed E-state index contributed by atoms with van der Waals surface area (Å²) in [5.41, 5.74) is 1.60. The van der Waals surface area contributed by atoms with Gasteiger partial charge >= 0.3 is 0 Å². The third-order valence-corrected chi connectivity index (χ3v) is 10.4. The van der Waals surface area contributed by atoms with Crippen molar-refractivity contribution in [3.8, 4) is 11.5 Å². The normalized spacial score (nSPS) is 12.5. The number of hydrogen-bond donors (Lipinski definition) is 1. The van der Waals surface area contributed by atoms with Gasteiger partial charge in [-0.1, -0.05) is 84.7 Å². The van der Waals surface area contributed by atoms with Crippen molar-refractivity contribution in [2.45, 2.75) is 50.2 Å². The Morgan fingerprint density at radius 1 is 0.812 bits per heavy atom. The van der Waals surface area contributed by atoms with Gasteiger partial charge in [-0.05, 0) is 60.9 Å². The number of hydrogen-bond acceptors (Lipinski definition) is 6. The van der Waals surface area contributed by atoms with Crippen molar-refractivity contribution in [1.29, 1.82) is 0 Å². The van der Waals surface area contributed by atoms with Crippen LogP contribution in [0, 0.1) is 0 Å². The standard InChI is InChI=1S/C36H39Cl2N3O6S/c1-5-25(2)39-36(43)32(21-26-12-8-6-9-13-26)40(23-27-16-18-30(37)31(38)20-27)35(42)24-41(48(44,45)29-14-10-7-11-15-29)28-17-19-33(46-3)34(22-28)47-4/h6-20,22,25,32H,5,21,23-24H2,1-4H3,(H,39,43)/t25-,32-/m1/s1. The fraction of sp³-hybridized carbons (Fsp3) is 0.278. The summed E-state index contributed by atoms with van der Waals surface area (Å²) in [6.07, 6.45) is 0.852. The number of methoxy groups -OCH3 is 2. The maximum Gasteiger partial charge on any atom is 0.264 e. The van der Waals surface area contributed by atoms with E-state index in [1.807, 2.05) is 44.2 Å². The van der Waals surface area contributed by atoms with Gasteiger partial charge in [0.25, 0.3) is 10.0 Å². The molecule has 4 aromatic rings. The molecule has 12 heteroatoms. The van der Waals surface area contributed by atoms with E-state index < -0.39 is 28.5 Å². The second kappa shape index (κ2) is 16.7. The third kappa shape index (κ3) is 9.00. The molecule has 4 rings (SSSR count). The number of nitrogens with zero attached hydrogens (tertiary/aromatic N) is 2. The number of carbonyl (C=O) groups excluding carboxylic acids is 2. The summed E-state index contributed by atoms with van der Waals surface area (Å²) in [7, 11) is -1.38. The van der Waals surface area contributed by atoms with Crippen LogP contribution in [0.3, 0.4) is 0 Å². The minimum atomic E-state index is -4.29. The van der Waals surface area contributed by atoms with Crippen LogP contribution in [0.15, 0.2) is 102 Å². The average molecular weight is 713 g/mol. The van der Waals surface area contributed by atoms with Crippen LogP contribution in [-0.2, 0) is 32.6 Å². The monoisotopic (exact) mass is 711 g/mol. The summed E-state index contributed by atoms with van der Waals surface area (Å²) in [5.74, 6) is -0.324. The van der Waals surface area contributed by atoms with Gasteiger partial charge in [-0.2, -0.15) is 0 Å². The molecule has 0 heterocycles. The Balaban J connectivity index is 1.85. The van der Waals surface area contributed by atoms with E-state index in [-0.39, 0.29) is 46.3 Å². The van der Waals surface area contributed by atoms with Gasteiger partial charge in [-0.3, -0.25) is 13.9 Å². The van der Waals surface area contributed by atoms with Crippen LogP contribution in [0.2, 0.25) is 10.0 Å². The zero-order valence-corrected chi connectivity index (χ0v) is 29.6. The molecule has 9 nitrogen and oxygen atoms in total. The molecule has 0 aromatic heterocycles. The lowest BCUT2D eigenvalue weighted by Gasteiger charge is -2.34. The highest BCUT2D eigenvalue weighted by molar-refractivity contribution is 7.92. The van der Waals surface area contributed by atoms with E-state index in [4.69, 9.17) is 32.7 Å². The number of rotatable bonds is 15. The maximum atomic E-state index is 14.7. The summed E-state index contributed by atoms with van der Waals surface area (Å²) in [6, 6.07) is 25.5. The Labute approximate surface area is 292 Å². The quantitative estimate of drug-likeness (QED) is 0.146. The van der Waals surface area contributed by atoms with Crippen LogP contribution in [-0.4, -0.2) is 58.0 Å². The van der Waals surface area contributed by atoms with Crippen LogP contribution in [0.4, 0.5) is 5.69 Å². The molecule has 0 aliphatic heterocycles. The van der Waals surface area contributed by atoms with Crippen molar-refractivity contribution >= 4 is 50.7 Å². The van der Waals surface area contributed by atoms with Gasteiger partial charge in [0.2, 0.25) is 11.8 Å². The zero-order valence-electron chi connectivity index (χ0n) is 27.2. The molecule has 4 aromatic carbocycles. The first-order valence-corrected chi connectivity index (χ1v) is 17.6. The summed E-state index contributed by atoms with van der Waals surface area (Å²) in [6.45, 7) is 3.15. The lowest BCUT2D eigenvalue weighted by molar-refractivity contribution is -0.140. The van der Waals surface area contributed by atoms with Crippen molar-refractivity contribution < 1.29 is 27.5 Å². The van der Waals surface area contributed by atoms with Gasteiger partial charge in [0.05, 0.1) is 34.8 Å². The molecule has 254 valence electrons. The van der Waals surface area contributed by atoms with Crippen LogP contribution in [0.25, 0.3) is 0 Å². The van der Waals surface area contributed by atoms with E-state index >= 15 is 0 Å². The largest absolute Gasteiger partial charge is 0.493 e. The van der Waals surface area contributed by atoms with Gasteiger partial charge in [0.1, 0.15) is 12.6 Å². The Morgan fingerprint density at radius 2 is 1.46 bits per heavy atom. The number of halogens is 2. The van der Waals surface area contributed by atoms with E-state index in [0.717, 1.165) is 9.87 Å². The lowest BCUT2D eigenvalue weighted by atomic mass is 10.0. The summed E-state index contributed by atoms with van der Waals surface area (Å²) in [5, 5.41) is 3.63. The predicted molar refractivity (Wildman–Crippen MR) is 189 cm³/mol. The molecule has 1 N–H and O–H groups in total. The van der Waals surface area contributed by atoms with Crippen LogP contribution in [0.1, 0.15) is 31.4 Å². The summed E-state index contributed by atoms with van der Waals surface area (Å²) in [4.78, 5) is 30.0. The minimum absolute atomic E-state index is 0.0148. The smallest absolute Gasteiger partial charge is 0.264 e. The molecule has 0 saturated heterocycles. The van der Waals surface area contributed by atoms with Gasteiger partial charge < -0.3 is 19.7 Å². The highest BCUT2D eigenvalue weighted by Gasteiger charge is 2.35. The van der Waals surface area contributed by atoms with Crippen LogP contribution in [0.5, 0.6) is 11.5 Å². The second-order valence-corrected chi connectivity index (χ2v) is 13.8. The molecular formula is C36H39Cl2N3O6S. The van der Waals surface area contributed by atoms with E-state index in [1.165, 1.54) is 43.4 Å². The van der Waals surface area contributed by atoms with Crippen molar-refractivity contribution in [3.05, 3.63) is 118 Å². The van der Waals surface area contributed by atoms with Crippen molar-refractivity contribution in [3.63, 3.8) is 0 Å². The highest BCUT2D eigenvalue weighted by Crippen LogP contribution is 2.34. The predicted octanol–water partition coefficient (Wildman–Crippen LogP) is 6.76. The van der Waals surface area contributed by atoms with E-state index in [1.54, 1.807) is 42.5 Å². The number of carbonyl (C=O) groups is 2. The number of ether oxygens (including phenoxy) is 2. The maximum absolute atomic E-state index is 14.7. The third-order valence-electron chi connectivity index (χ3n) is 7.87. The SMILES string of the molecule is CC[C@@H](C)NC(=O)[C@@H](Cc1ccccc1)N(Cc1ccc(Cl)c(Cl)c1)C(=O)CN(c1ccc(OC)c(OC)c1)S(=O)(=O)c1ccccc1. The van der Waals surface area contributed by atoms with Crippen molar-refractivity contribution in [2.24, 2.45) is 0 Å². The van der Waals surface area contributed by atoms with Gasteiger partial charge in [0, 0.05) is 25.1 Å². The minimum Gasteiger partial charge on any atom is -0.493 e. The molecule has 0 unspecified atom stereocenters. The molecule has 0 fully saturated rings. The molecule has 0 bridgehead atoms. The van der Waals surface area contributed by atoms with Crippen LogP contribution >= 0.6 is 23.2 Å². The number of anilines is 1. The Bertz CT molecular complexity index is 1810. The highest BCUT2D eigenvalue weighted by atomic mass is 35.5.